The van der Waals surface area contributed by atoms with E-state index in [1.807, 2.05) is 12.1 Å². The van der Waals surface area contributed by atoms with Gasteiger partial charge in [-0.2, -0.15) is 0 Å². The number of fused-ring (bicyclic) bond motifs is 2. The minimum Gasteiger partial charge on any atom is -0.324 e. The molecular weight excluding hydrogens is 300 g/mol. The average Bonchev–Trinajstić information content (AvgIpc) is 3.11. The zero-order chi connectivity index (χ0) is 15.1. The van der Waals surface area contributed by atoms with Gasteiger partial charge in [-0.3, -0.25) is 10.1 Å². The second-order valence-electron chi connectivity index (χ2n) is 6.32. The maximum atomic E-state index is 12.5. The SMILES string of the molecule is O=C(Nc1nc2c(Cl)cccc2[nH]1)C1CC2CCCCC2N1. The van der Waals surface area contributed by atoms with Gasteiger partial charge in [-0.05, 0) is 37.3 Å². The third kappa shape index (κ3) is 2.48. The predicted molar refractivity (Wildman–Crippen MR) is 87.0 cm³/mol. The van der Waals surface area contributed by atoms with Crippen LogP contribution in [-0.2, 0) is 4.79 Å². The van der Waals surface area contributed by atoms with Crippen molar-refractivity contribution in [2.45, 2.75) is 44.2 Å². The first kappa shape index (κ1) is 14.0. The minimum absolute atomic E-state index is 0.00965. The molecule has 4 rings (SSSR count). The zero-order valence-corrected chi connectivity index (χ0v) is 13.0. The van der Waals surface area contributed by atoms with Crippen molar-refractivity contribution < 1.29 is 4.79 Å². The number of anilines is 1. The van der Waals surface area contributed by atoms with Crippen molar-refractivity contribution in [3.8, 4) is 0 Å². The Morgan fingerprint density at radius 2 is 2.18 bits per heavy atom. The highest BCUT2D eigenvalue weighted by molar-refractivity contribution is 6.35. The number of nitrogens with one attached hydrogen (secondary N) is 3. The van der Waals surface area contributed by atoms with Crippen molar-refractivity contribution in [1.82, 2.24) is 15.3 Å². The first-order chi connectivity index (χ1) is 10.7. The van der Waals surface area contributed by atoms with Crippen LogP contribution in [0.2, 0.25) is 5.02 Å². The largest absolute Gasteiger partial charge is 0.324 e. The molecular formula is C16H19ClN4O. The molecule has 2 fully saturated rings. The number of amides is 1. The summed E-state index contributed by atoms with van der Waals surface area (Å²) in [7, 11) is 0. The number of carbonyl (C=O) groups is 1. The standard InChI is InChI=1S/C16H19ClN4O/c17-10-5-3-7-12-14(10)20-16(19-12)21-15(22)13-8-9-4-1-2-6-11(9)18-13/h3,5,7,9,11,13,18H,1-2,4,6,8H2,(H2,19,20,21,22). The van der Waals surface area contributed by atoms with E-state index in [1.165, 1.54) is 25.7 Å². The maximum absolute atomic E-state index is 12.5. The van der Waals surface area contributed by atoms with Gasteiger partial charge in [0.15, 0.2) is 0 Å². The lowest BCUT2D eigenvalue weighted by molar-refractivity contribution is -0.117. The number of rotatable bonds is 2. The first-order valence-corrected chi connectivity index (χ1v) is 8.29. The Morgan fingerprint density at radius 3 is 3.00 bits per heavy atom. The van der Waals surface area contributed by atoms with Crippen LogP contribution in [0.4, 0.5) is 5.95 Å². The molecule has 1 aromatic carbocycles. The molecule has 0 bridgehead atoms. The van der Waals surface area contributed by atoms with Gasteiger partial charge in [0.25, 0.3) is 0 Å². The van der Waals surface area contributed by atoms with Crippen LogP contribution < -0.4 is 10.6 Å². The van der Waals surface area contributed by atoms with E-state index < -0.39 is 0 Å². The van der Waals surface area contributed by atoms with E-state index in [0.29, 0.717) is 28.4 Å². The summed E-state index contributed by atoms with van der Waals surface area (Å²) in [5.41, 5.74) is 1.52. The zero-order valence-electron chi connectivity index (χ0n) is 12.2. The van der Waals surface area contributed by atoms with Crippen molar-refractivity contribution in [2.24, 2.45) is 5.92 Å². The number of H-pyrrole nitrogens is 1. The van der Waals surface area contributed by atoms with Crippen LogP contribution in [0.5, 0.6) is 0 Å². The molecule has 2 aromatic rings. The van der Waals surface area contributed by atoms with E-state index in [2.05, 4.69) is 20.6 Å². The molecule has 22 heavy (non-hydrogen) atoms. The third-order valence-electron chi connectivity index (χ3n) is 4.88. The molecule has 3 N–H and O–H groups in total. The molecule has 6 heteroatoms. The van der Waals surface area contributed by atoms with Crippen molar-refractivity contribution in [1.29, 1.82) is 0 Å². The number of aromatic amines is 1. The van der Waals surface area contributed by atoms with Crippen molar-refractivity contribution in [2.75, 3.05) is 5.32 Å². The highest BCUT2D eigenvalue weighted by atomic mass is 35.5. The molecule has 1 aliphatic heterocycles. The molecule has 1 aromatic heterocycles. The van der Waals surface area contributed by atoms with Crippen LogP contribution in [0.3, 0.4) is 0 Å². The Balaban J connectivity index is 1.48. The molecule has 0 radical (unpaired) electrons. The summed E-state index contributed by atoms with van der Waals surface area (Å²) in [6.07, 6.45) is 5.91. The molecule has 3 atom stereocenters. The van der Waals surface area contributed by atoms with Crippen LogP contribution >= 0.6 is 11.6 Å². The van der Waals surface area contributed by atoms with Gasteiger partial charge in [-0.15, -0.1) is 0 Å². The summed E-state index contributed by atoms with van der Waals surface area (Å²) in [5.74, 6) is 1.10. The van der Waals surface area contributed by atoms with Gasteiger partial charge in [0.2, 0.25) is 11.9 Å². The predicted octanol–water partition coefficient (Wildman–Crippen LogP) is 3.08. The fraction of sp³-hybridized carbons (Fsp3) is 0.500. The summed E-state index contributed by atoms with van der Waals surface area (Å²) in [6, 6.07) is 5.94. The molecule has 0 spiro atoms. The van der Waals surface area contributed by atoms with Gasteiger partial charge in [-0.1, -0.05) is 30.5 Å². The van der Waals surface area contributed by atoms with E-state index in [9.17, 15) is 4.79 Å². The summed E-state index contributed by atoms with van der Waals surface area (Å²) < 4.78 is 0. The molecule has 116 valence electrons. The second kappa shape index (κ2) is 5.56. The lowest BCUT2D eigenvalue weighted by atomic mass is 9.85. The van der Waals surface area contributed by atoms with Gasteiger partial charge in [0.05, 0.1) is 16.6 Å². The average molecular weight is 319 g/mol. The highest BCUT2D eigenvalue weighted by Gasteiger charge is 2.38. The van der Waals surface area contributed by atoms with Gasteiger partial charge < -0.3 is 10.3 Å². The minimum atomic E-state index is -0.114. The van der Waals surface area contributed by atoms with Crippen LogP contribution in [0, 0.1) is 5.92 Å². The summed E-state index contributed by atoms with van der Waals surface area (Å²) in [5, 5.41) is 6.94. The quantitative estimate of drug-likeness (QED) is 0.797. The Labute approximate surface area is 133 Å². The Kier molecular flexibility index (Phi) is 3.54. The molecule has 2 aliphatic rings. The fourth-order valence-electron chi connectivity index (χ4n) is 3.78. The molecule has 2 heterocycles. The summed E-state index contributed by atoms with van der Waals surface area (Å²) in [4.78, 5) is 19.9. The number of imidazole rings is 1. The van der Waals surface area contributed by atoms with E-state index in [0.717, 1.165) is 11.9 Å². The Hall–Kier alpha value is -1.59. The van der Waals surface area contributed by atoms with Gasteiger partial charge in [-0.25, -0.2) is 4.98 Å². The number of hydrogen-bond donors (Lipinski definition) is 3. The van der Waals surface area contributed by atoms with Crippen molar-refractivity contribution in [3.05, 3.63) is 23.2 Å². The number of benzene rings is 1. The van der Waals surface area contributed by atoms with E-state index in [1.54, 1.807) is 6.07 Å². The number of aromatic nitrogens is 2. The van der Waals surface area contributed by atoms with Gasteiger partial charge in [0.1, 0.15) is 5.52 Å². The monoisotopic (exact) mass is 318 g/mol. The topological polar surface area (TPSA) is 69.8 Å². The van der Waals surface area contributed by atoms with Gasteiger partial charge in [0, 0.05) is 6.04 Å². The van der Waals surface area contributed by atoms with Crippen LogP contribution in [-0.4, -0.2) is 28.0 Å². The van der Waals surface area contributed by atoms with Crippen LogP contribution in [0.15, 0.2) is 18.2 Å². The molecule has 1 aliphatic carbocycles. The molecule has 1 saturated carbocycles. The van der Waals surface area contributed by atoms with Gasteiger partial charge >= 0.3 is 0 Å². The smallest absolute Gasteiger partial charge is 0.243 e. The fourth-order valence-corrected chi connectivity index (χ4v) is 4.00. The van der Waals surface area contributed by atoms with E-state index >= 15 is 0 Å². The second-order valence-corrected chi connectivity index (χ2v) is 6.72. The normalized spacial score (nSPS) is 27.8. The lowest BCUT2D eigenvalue weighted by Gasteiger charge is -2.24. The third-order valence-corrected chi connectivity index (χ3v) is 5.19. The number of halogens is 1. The first-order valence-electron chi connectivity index (χ1n) is 7.92. The molecule has 1 saturated heterocycles. The van der Waals surface area contributed by atoms with E-state index in [4.69, 9.17) is 11.6 Å². The number of hydrogen-bond acceptors (Lipinski definition) is 3. The van der Waals surface area contributed by atoms with E-state index in [-0.39, 0.29) is 11.9 Å². The molecule has 1 amide bonds. The summed E-state index contributed by atoms with van der Waals surface area (Å²) >= 11 is 6.11. The Bertz CT molecular complexity index is 699. The Morgan fingerprint density at radius 1 is 1.32 bits per heavy atom. The van der Waals surface area contributed by atoms with Crippen LogP contribution in [0.25, 0.3) is 11.0 Å². The number of carbonyl (C=O) groups excluding carboxylic acids is 1. The number of para-hydroxylation sites is 1. The van der Waals surface area contributed by atoms with Crippen molar-refractivity contribution in [3.63, 3.8) is 0 Å². The lowest BCUT2D eigenvalue weighted by Crippen LogP contribution is -2.40. The molecule has 5 nitrogen and oxygen atoms in total. The summed E-state index contributed by atoms with van der Waals surface area (Å²) in [6.45, 7) is 0. The molecule has 3 unspecified atom stereocenters. The van der Waals surface area contributed by atoms with Crippen molar-refractivity contribution >= 4 is 34.5 Å². The maximum Gasteiger partial charge on any atom is 0.243 e. The number of nitrogens with zero attached hydrogens (tertiary/aromatic N) is 1. The van der Waals surface area contributed by atoms with Crippen LogP contribution in [0.1, 0.15) is 32.1 Å². The highest BCUT2D eigenvalue weighted by Crippen LogP contribution is 2.33.